The van der Waals surface area contributed by atoms with E-state index in [1.165, 1.54) is 44.2 Å². The molecule has 0 aliphatic heterocycles. The number of pyridine rings is 1. The Morgan fingerprint density at radius 2 is 1.69 bits per heavy atom. The van der Waals surface area contributed by atoms with Crippen LogP contribution in [0.2, 0.25) is 0 Å². The highest BCUT2D eigenvalue weighted by atomic mass is 19.1. The number of carbonyl (C=O) groups excluding carboxylic acids is 1. The van der Waals surface area contributed by atoms with E-state index >= 15 is 0 Å². The van der Waals surface area contributed by atoms with Crippen LogP contribution >= 0.6 is 0 Å². The molecule has 5 nitrogen and oxygen atoms in total. The zero-order valence-corrected chi connectivity index (χ0v) is 16.1. The lowest BCUT2D eigenvalue weighted by molar-refractivity contribution is -0.0119. The highest BCUT2D eigenvalue weighted by molar-refractivity contribution is 6.04. The molecule has 7 rings (SSSR count). The molecule has 4 saturated carbocycles. The largest absolute Gasteiger partial charge is 0.349 e. The van der Waals surface area contributed by atoms with Gasteiger partial charge < -0.3 is 10.3 Å². The fourth-order valence-corrected chi connectivity index (χ4v) is 6.23. The van der Waals surface area contributed by atoms with E-state index in [9.17, 15) is 9.18 Å². The first-order chi connectivity index (χ1) is 14.1. The number of rotatable bonds is 3. The number of aromatic nitrogens is 3. The zero-order chi connectivity index (χ0) is 19.5. The topological polar surface area (TPSA) is 70.7 Å². The number of nitrogens with zero attached hydrogens (tertiary/aromatic N) is 2. The van der Waals surface area contributed by atoms with Crippen LogP contribution < -0.4 is 5.32 Å². The molecule has 148 valence electrons. The second kappa shape index (κ2) is 6.37. The number of aromatic amines is 1. The summed E-state index contributed by atoms with van der Waals surface area (Å²) in [6.45, 7) is 0. The maximum atomic E-state index is 13.2. The van der Waals surface area contributed by atoms with Crippen LogP contribution in [0.4, 0.5) is 4.39 Å². The van der Waals surface area contributed by atoms with Crippen LogP contribution in [-0.2, 0) is 0 Å². The van der Waals surface area contributed by atoms with Gasteiger partial charge in [-0.1, -0.05) is 0 Å². The molecule has 2 aromatic heterocycles. The summed E-state index contributed by atoms with van der Waals surface area (Å²) in [5.41, 5.74) is 2.47. The Hall–Kier alpha value is -2.76. The lowest BCUT2D eigenvalue weighted by atomic mass is 9.54. The molecule has 0 unspecified atom stereocenters. The van der Waals surface area contributed by atoms with Crippen LogP contribution in [0.15, 0.2) is 36.5 Å². The van der Waals surface area contributed by atoms with Crippen LogP contribution in [-0.4, -0.2) is 26.9 Å². The molecule has 0 atom stereocenters. The molecule has 2 N–H and O–H groups in total. The lowest BCUT2D eigenvalue weighted by Gasteiger charge is -2.54. The number of benzene rings is 1. The van der Waals surface area contributed by atoms with E-state index in [-0.39, 0.29) is 17.8 Å². The first-order valence-corrected chi connectivity index (χ1v) is 10.6. The number of nitrogens with one attached hydrogen (secondary N) is 2. The molecule has 0 spiro atoms. The summed E-state index contributed by atoms with van der Waals surface area (Å²) >= 11 is 0. The molecular weight excluding hydrogens is 367 g/mol. The third-order valence-electron chi connectivity index (χ3n) is 7.28. The summed E-state index contributed by atoms with van der Waals surface area (Å²) in [5.74, 6) is 3.26. The summed E-state index contributed by atoms with van der Waals surface area (Å²) in [6.07, 6.45) is 8.10. The van der Waals surface area contributed by atoms with Gasteiger partial charge in [-0.3, -0.25) is 4.79 Å². The molecular formula is C23H23FN4O. The Balaban J connectivity index is 1.30. The first kappa shape index (κ1) is 17.1. The average molecular weight is 390 g/mol. The Labute approximate surface area is 168 Å². The van der Waals surface area contributed by atoms with Gasteiger partial charge in [-0.15, -0.1) is 0 Å². The number of carbonyl (C=O) groups is 1. The van der Waals surface area contributed by atoms with Crippen molar-refractivity contribution < 1.29 is 9.18 Å². The molecule has 2 heterocycles. The van der Waals surface area contributed by atoms with Crippen molar-refractivity contribution >= 4 is 17.1 Å². The van der Waals surface area contributed by atoms with Crippen LogP contribution in [0.5, 0.6) is 0 Å². The van der Waals surface area contributed by atoms with Gasteiger partial charge in [-0.05, 0) is 86.1 Å². The SMILES string of the molecule is O=C(NC1C2CC3CC(C2)CC1C3)c1ccnc2nc(-c3ccc(F)cc3)[nH]c12. The third kappa shape index (κ3) is 2.84. The van der Waals surface area contributed by atoms with Gasteiger partial charge in [0.1, 0.15) is 11.6 Å². The van der Waals surface area contributed by atoms with Crippen molar-refractivity contribution in [1.29, 1.82) is 0 Å². The number of H-pyrrole nitrogens is 1. The predicted molar refractivity (Wildman–Crippen MR) is 108 cm³/mol. The molecule has 4 aliphatic carbocycles. The molecule has 0 saturated heterocycles. The molecule has 4 fully saturated rings. The van der Waals surface area contributed by atoms with E-state index in [4.69, 9.17) is 0 Å². The smallest absolute Gasteiger partial charge is 0.253 e. The fourth-order valence-electron chi connectivity index (χ4n) is 6.23. The first-order valence-electron chi connectivity index (χ1n) is 10.6. The van der Waals surface area contributed by atoms with E-state index in [0.29, 0.717) is 34.4 Å². The number of imidazole rings is 1. The summed E-state index contributed by atoms with van der Waals surface area (Å²) in [4.78, 5) is 25.2. The Bertz CT molecular complexity index is 1060. The van der Waals surface area contributed by atoms with Crippen molar-refractivity contribution in [3.63, 3.8) is 0 Å². The number of fused-ring (bicyclic) bond motifs is 1. The normalized spacial score (nSPS) is 30.0. The number of hydrogen-bond acceptors (Lipinski definition) is 3. The van der Waals surface area contributed by atoms with Crippen LogP contribution in [0.3, 0.4) is 0 Å². The summed E-state index contributed by atoms with van der Waals surface area (Å²) < 4.78 is 13.2. The maximum Gasteiger partial charge on any atom is 0.253 e. The second-order valence-electron chi connectivity index (χ2n) is 9.08. The van der Waals surface area contributed by atoms with Crippen molar-refractivity contribution in [3.8, 4) is 11.4 Å². The van der Waals surface area contributed by atoms with Crippen LogP contribution in [0.1, 0.15) is 42.5 Å². The average Bonchev–Trinajstić information content (AvgIpc) is 3.15. The van der Waals surface area contributed by atoms with E-state index in [2.05, 4.69) is 20.3 Å². The number of amides is 1. The van der Waals surface area contributed by atoms with Gasteiger partial charge in [0.25, 0.3) is 5.91 Å². The second-order valence-corrected chi connectivity index (χ2v) is 9.08. The minimum atomic E-state index is -0.293. The molecule has 0 radical (unpaired) electrons. The molecule has 1 amide bonds. The summed E-state index contributed by atoms with van der Waals surface area (Å²) in [6, 6.07) is 8.17. The number of hydrogen-bond donors (Lipinski definition) is 2. The molecule has 3 aromatic rings. The zero-order valence-electron chi connectivity index (χ0n) is 16.1. The van der Waals surface area contributed by atoms with Crippen LogP contribution in [0.25, 0.3) is 22.6 Å². The predicted octanol–water partition coefficient (Wildman–Crippen LogP) is 4.32. The minimum absolute atomic E-state index is 0.0517. The van der Waals surface area contributed by atoms with Crippen molar-refractivity contribution in [3.05, 3.63) is 47.9 Å². The van der Waals surface area contributed by atoms with Crippen molar-refractivity contribution in [2.45, 2.75) is 38.1 Å². The van der Waals surface area contributed by atoms with E-state index in [1.54, 1.807) is 24.4 Å². The quantitative estimate of drug-likeness (QED) is 0.700. The monoisotopic (exact) mass is 390 g/mol. The van der Waals surface area contributed by atoms with Gasteiger partial charge in [-0.25, -0.2) is 14.4 Å². The fraction of sp³-hybridized carbons (Fsp3) is 0.435. The molecule has 6 heteroatoms. The van der Waals surface area contributed by atoms with Gasteiger partial charge in [0.2, 0.25) is 0 Å². The van der Waals surface area contributed by atoms with Crippen molar-refractivity contribution in [2.24, 2.45) is 23.7 Å². The van der Waals surface area contributed by atoms with Gasteiger partial charge in [-0.2, -0.15) is 0 Å². The minimum Gasteiger partial charge on any atom is -0.349 e. The van der Waals surface area contributed by atoms with Gasteiger partial charge in [0.15, 0.2) is 5.65 Å². The van der Waals surface area contributed by atoms with E-state index in [1.807, 2.05) is 0 Å². The van der Waals surface area contributed by atoms with E-state index < -0.39 is 0 Å². The van der Waals surface area contributed by atoms with Gasteiger partial charge in [0.05, 0.1) is 11.1 Å². The Morgan fingerprint density at radius 1 is 1.00 bits per heavy atom. The summed E-state index contributed by atoms with van der Waals surface area (Å²) in [5, 5.41) is 3.36. The third-order valence-corrected chi connectivity index (χ3v) is 7.28. The molecule has 29 heavy (non-hydrogen) atoms. The highest BCUT2D eigenvalue weighted by Gasteiger charge is 2.48. The maximum absolute atomic E-state index is 13.2. The molecule has 1 aromatic carbocycles. The molecule has 4 bridgehead atoms. The van der Waals surface area contributed by atoms with E-state index in [0.717, 1.165) is 17.4 Å². The standard InChI is InChI=1S/C23H23FN4O/c24-17-3-1-14(2-4-17)21-26-20-18(5-6-25-22(20)28-21)23(29)27-19-15-8-12-7-13(10-15)11-16(19)9-12/h1-6,12-13,15-16,19H,7-11H2,(H,27,29)(H,25,26,28). The number of halogens is 1. The Morgan fingerprint density at radius 3 is 2.38 bits per heavy atom. The van der Waals surface area contributed by atoms with Crippen molar-refractivity contribution in [1.82, 2.24) is 20.3 Å². The van der Waals surface area contributed by atoms with Gasteiger partial charge in [0, 0.05) is 17.8 Å². The lowest BCUT2D eigenvalue weighted by Crippen LogP contribution is -2.55. The highest BCUT2D eigenvalue weighted by Crippen LogP contribution is 2.53. The van der Waals surface area contributed by atoms with Crippen molar-refractivity contribution in [2.75, 3.05) is 0 Å². The molecule has 4 aliphatic rings. The Kier molecular flexibility index (Phi) is 3.76. The van der Waals surface area contributed by atoms with Crippen LogP contribution in [0, 0.1) is 29.5 Å². The summed E-state index contributed by atoms with van der Waals surface area (Å²) in [7, 11) is 0. The van der Waals surface area contributed by atoms with Gasteiger partial charge >= 0.3 is 0 Å².